The first-order valence-electron chi connectivity index (χ1n) is 2.53. The van der Waals surface area contributed by atoms with E-state index in [1.54, 1.807) is 0 Å². The molecule has 0 fully saturated rings. The molecule has 0 amide bonds. The van der Waals surface area contributed by atoms with Crippen LogP contribution in [0.1, 0.15) is 0 Å². The van der Waals surface area contributed by atoms with Gasteiger partial charge in [0.05, 0.1) is 0 Å². The van der Waals surface area contributed by atoms with E-state index < -0.39 is 6.18 Å². The van der Waals surface area contributed by atoms with E-state index >= 15 is 0 Å². The molecule has 0 aliphatic carbocycles. The van der Waals surface area contributed by atoms with E-state index in [0.717, 1.165) is 12.3 Å². The first-order valence-corrected chi connectivity index (χ1v) is 2.53. The van der Waals surface area contributed by atoms with Crippen LogP contribution in [0, 0.1) is 0 Å². The number of rotatable bonds is 3. The fourth-order valence-electron chi connectivity index (χ4n) is 0.236. The van der Waals surface area contributed by atoms with Crippen LogP contribution in [0.4, 0.5) is 13.2 Å². The fraction of sp³-hybridized carbons (Fsp3) is 0.200. The van der Waals surface area contributed by atoms with Gasteiger partial charge in [-0.05, 0) is 6.08 Å². The molecule has 0 aromatic heterocycles. The number of carbonyl (C=O) groups is 1. The maximum absolute atomic E-state index is 11.3. The number of hydrazone groups is 1. The van der Waals surface area contributed by atoms with Crippen molar-refractivity contribution in [3.05, 3.63) is 12.3 Å². The highest BCUT2D eigenvalue weighted by Crippen LogP contribution is 2.09. The van der Waals surface area contributed by atoms with Crippen LogP contribution in [-0.2, 0) is 4.79 Å². The van der Waals surface area contributed by atoms with Gasteiger partial charge in [-0.1, -0.05) is 0 Å². The van der Waals surface area contributed by atoms with Crippen molar-refractivity contribution in [3.8, 4) is 0 Å². The van der Waals surface area contributed by atoms with E-state index in [1.165, 1.54) is 0 Å². The molecule has 0 aromatic carbocycles. The maximum Gasteiger partial charge on any atom is 0.428 e. The zero-order chi connectivity index (χ0) is 8.74. The quantitative estimate of drug-likeness (QED) is 0.292. The highest BCUT2D eigenvalue weighted by molar-refractivity contribution is 5.65. The Balaban J connectivity index is 3.61. The second kappa shape index (κ2) is 4.48. The van der Waals surface area contributed by atoms with Crippen LogP contribution in [-0.4, -0.2) is 18.7 Å². The normalized spacial score (nSPS) is 12.6. The third kappa shape index (κ3) is 8.67. The lowest BCUT2D eigenvalue weighted by atomic mass is 10.7. The van der Waals surface area contributed by atoms with Gasteiger partial charge < -0.3 is 0 Å². The molecule has 0 aliphatic heterocycles. The topological polar surface area (TPSA) is 41.5 Å². The van der Waals surface area contributed by atoms with Crippen molar-refractivity contribution < 1.29 is 18.0 Å². The van der Waals surface area contributed by atoms with Crippen molar-refractivity contribution >= 4 is 12.5 Å². The standard InChI is InChI=1S/C5H5F3N2O/c6-5(7,8)4-10-9-2-1-3-11/h1-4,9H/b2-1+,10-4+. The Morgan fingerprint density at radius 1 is 1.36 bits per heavy atom. The van der Waals surface area contributed by atoms with Crippen molar-refractivity contribution in [1.82, 2.24) is 5.43 Å². The lowest BCUT2D eigenvalue weighted by Gasteiger charge is -1.94. The average molecular weight is 166 g/mol. The minimum absolute atomic E-state index is 0.220. The largest absolute Gasteiger partial charge is 0.428 e. The summed E-state index contributed by atoms with van der Waals surface area (Å²) in [5.41, 5.74) is 1.88. The predicted molar refractivity (Wildman–Crippen MR) is 32.9 cm³/mol. The number of hydrogen-bond acceptors (Lipinski definition) is 3. The van der Waals surface area contributed by atoms with Crippen LogP contribution >= 0.6 is 0 Å². The lowest BCUT2D eigenvalue weighted by molar-refractivity contribution is -0.104. The number of nitrogens with one attached hydrogen (secondary N) is 1. The van der Waals surface area contributed by atoms with E-state index in [4.69, 9.17) is 0 Å². The van der Waals surface area contributed by atoms with Crippen LogP contribution in [0.15, 0.2) is 17.4 Å². The van der Waals surface area contributed by atoms with Crippen molar-refractivity contribution in [3.63, 3.8) is 0 Å². The highest BCUT2D eigenvalue weighted by Gasteiger charge is 2.23. The second-order valence-corrected chi connectivity index (χ2v) is 1.42. The van der Waals surface area contributed by atoms with E-state index in [1.807, 2.05) is 5.43 Å². The molecule has 1 N–H and O–H groups in total. The molecule has 62 valence electrons. The van der Waals surface area contributed by atoms with Crippen molar-refractivity contribution in [1.29, 1.82) is 0 Å². The monoisotopic (exact) mass is 166 g/mol. The minimum atomic E-state index is -4.43. The second-order valence-electron chi connectivity index (χ2n) is 1.42. The van der Waals surface area contributed by atoms with Crippen LogP contribution in [0.25, 0.3) is 0 Å². The Bertz CT molecular complexity index is 173. The minimum Gasteiger partial charge on any atom is -0.299 e. The van der Waals surface area contributed by atoms with E-state index in [0.29, 0.717) is 6.29 Å². The number of carbonyl (C=O) groups excluding carboxylic acids is 1. The Labute approximate surface area is 60.6 Å². The van der Waals surface area contributed by atoms with Crippen LogP contribution in [0.3, 0.4) is 0 Å². The Hall–Kier alpha value is -1.33. The Morgan fingerprint density at radius 3 is 2.45 bits per heavy atom. The van der Waals surface area contributed by atoms with Crippen molar-refractivity contribution in [2.45, 2.75) is 6.18 Å². The Morgan fingerprint density at radius 2 is 2.00 bits per heavy atom. The zero-order valence-electron chi connectivity index (χ0n) is 5.30. The molecule has 0 spiro atoms. The summed E-state index contributed by atoms with van der Waals surface area (Å²) in [6.45, 7) is 0. The summed E-state index contributed by atoms with van der Waals surface area (Å²) in [6, 6.07) is 0. The molecule has 0 radical (unpaired) electrons. The van der Waals surface area contributed by atoms with Gasteiger partial charge >= 0.3 is 6.18 Å². The summed E-state index contributed by atoms with van der Waals surface area (Å²) >= 11 is 0. The number of hydrogen-bond donors (Lipinski definition) is 1. The summed E-state index contributed by atoms with van der Waals surface area (Å²) < 4.78 is 33.8. The Kier molecular flexibility index (Phi) is 3.94. The average Bonchev–Trinajstić information content (AvgIpc) is 1.85. The molecular formula is C5H5F3N2O. The van der Waals surface area contributed by atoms with Gasteiger partial charge in [-0.2, -0.15) is 18.3 Å². The summed E-state index contributed by atoms with van der Waals surface area (Å²) in [7, 11) is 0. The van der Waals surface area contributed by atoms with Crippen molar-refractivity contribution in [2.24, 2.45) is 5.10 Å². The van der Waals surface area contributed by atoms with Gasteiger partial charge in [0, 0.05) is 6.20 Å². The molecule has 0 saturated heterocycles. The number of aldehydes is 1. The number of alkyl halides is 3. The summed E-state index contributed by atoms with van der Waals surface area (Å²) in [6.07, 6.45) is -2.27. The molecule has 3 nitrogen and oxygen atoms in total. The molecule has 11 heavy (non-hydrogen) atoms. The van der Waals surface area contributed by atoms with Gasteiger partial charge in [0.2, 0.25) is 0 Å². The van der Waals surface area contributed by atoms with Crippen LogP contribution in [0.5, 0.6) is 0 Å². The first kappa shape index (κ1) is 9.67. The molecule has 0 bridgehead atoms. The van der Waals surface area contributed by atoms with E-state index in [-0.39, 0.29) is 6.21 Å². The van der Waals surface area contributed by atoms with E-state index in [9.17, 15) is 18.0 Å². The van der Waals surface area contributed by atoms with Gasteiger partial charge in [0.1, 0.15) is 12.5 Å². The third-order valence-corrected chi connectivity index (χ3v) is 0.535. The summed E-state index contributed by atoms with van der Waals surface area (Å²) in [4.78, 5) is 9.56. The molecule has 0 atom stereocenters. The van der Waals surface area contributed by atoms with E-state index in [2.05, 4.69) is 5.10 Å². The predicted octanol–water partition coefficient (Wildman–Crippen LogP) is 0.837. The molecule has 0 aromatic rings. The zero-order valence-corrected chi connectivity index (χ0v) is 5.30. The van der Waals surface area contributed by atoms with Gasteiger partial charge in [0.25, 0.3) is 0 Å². The molecular weight excluding hydrogens is 161 g/mol. The van der Waals surface area contributed by atoms with Crippen LogP contribution < -0.4 is 5.43 Å². The van der Waals surface area contributed by atoms with Gasteiger partial charge in [-0.15, -0.1) is 0 Å². The smallest absolute Gasteiger partial charge is 0.299 e. The molecule has 0 aliphatic rings. The molecule has 6 heteroatoms. The molecule has 0 unspecified atom stereocenters. The first-order chi connectivity index (χ1) is 5.06. The fourth-order valence-corrected chi connectivity index (χ4v) is 0.236. The van der Waals surface area contributed by atoms with Crippen LogP contribution in [0.2, 0.25) is 0 Å². The molecule has 0 saturated carbocycles. The summed E-state index contributed by atoms with van der Waals surface area (Å²) in [5, 5.41) is 2.73. The van der Waals surface area contributed by atoms with Crippen molar-refractivity contribution in [2.75, 3.05) is 0 Å². The molecule has 0 rings (SSSR count). The maximum atomic E-state index is 11.3. The number of nitrogens with zero attached hydrogens (tertiary/aromatic N) is 1. The highest BCUT2D eigenvalue weighted by atomic mass is 19.4. The lowest BCUT2D eigenvalue weighted by Crippen LogP contribution is -2.11. The van der Waals surface area contributed by atoms with Gasteiger partial charge in [0.15, 0.2) is 0 Å². The summed E-state index contributed by atoms with van der Waals surface area (Å²) in [5.74, 6) is 0. The SMILES string of the molecule is O=C/C=C/N/N=C/C(F)(F)F. The van der Waals surface area contributed by atoms with Gasteiger partial charge in [-0.3, -0.25) is 10.2 Å². The van der Waals surface area contributed by atoms with Gasteiger partial charge in [-0.25, -0.2) is 0 Å². The molecule has 0 heterocycles. The third-order valence-electron chi connectivity index (χ3n) is 0.535. The number of halogens is 3. The number of allylic oxidation sites excluding steroid dienone is 1.